The molecule has 0 atom stereocenters. The zero-order valence-corrected chi connectivity index (χ0v) is 9.55. The Morgan fingerprint density at radius 1 is 1.50 bits per heavy atom. The van der Waals surface area contributed by atoms with Crippen molar-refractivity contribution >= 4 is 17.1 Å². The van der Waals surface area contributed by atoms with Crippen molar-refractivity contribution in [3.63, 3.8) is 0 Å². The second-order valence-electron chi connectivity index (χ2n) is 3.46. The van der Waals surface area contributed by atoms with E-state index in [-0.39, 0.29) is 11.6 Å². The molecule has 2 nitrogen and oxygen atoms in total. The first-order chi connectivity index (χ1) is 7.66. The Morgan fingerprint density at radius 3 is 2.94 bits per heavy atom. The number of hydrogen-bond acceptors (Lipinski definition) is 3. The summed E-state index contributed by atoms with van der Waals surface area (Å²) >= 11 is 1.50. The molecule has 0 saturated heterocycles. The lowest BCUT2D eigenvalue weighted by Crippen LogP contribution is -2.01. The highest BCUT2D eigenvalue weighted by Gasteiger charge is 2.10. The summed E-state index contributed by atoms with van der Waals surface area (Å²) in [6, 6.07) is 4.24. The van der Waals surface area contributed by atoms with Gasteiger partial charge in [0, 0.05) is 23.6 Å². The molecule has 0 saturated carbocycles. The van der Waals surface area contributed by atoms with E-state index in [2.05, 4.69) is 4.98 Å². The molecule has 0 bridgehead atoms. The maximum absolute atomic E-state index is 13.1. The van der Waals surface area contributed by atoms with E-state index in [4.69, 9.17) is 0 Å². The van der Waals surface area contributed by atoms with Crippen molar-refractivity contribution in [1.82, 2.24) is 4.98 Å². The monoisotopic (exact) mass is 235 g/mol. The zero-order chi connectivity index (χ0) is 11.5. The lowest BCUT2D eigenvalue weighted by molar-refractivity contribution is 0.101. The molecular formula is C12H10FNOS. The molecule has 0 unspecified atom stereocenters. The molecule has 2 aromatic rings. The van der Waals surface area contributed by atoms with Crippen LogP contribution in [-0.4, -0.2) is 10.8 Å². The molecule has 0 amide bonds. The van der Waals surface area contributed by atoms with Gasteiger partial charge in [-0.25, -0.2) is 9.37 Å². The molecule has 0 aliphatic carbocycles. The minimum absolute atomic E-state index is 0.0495. The summed E-state index contributed by atoms with van der Waals surface area (Å²) in [6.45, 7) is 1.48. The summed E-state index contributed by atoms with van der Waals surface area (Å²) in [6.07, 6.45) is 2.21. The van der Waals surface area contributed by atoms with Crippen LogP contribution in [0.25, 0.3) is 0 Å². The number of aromatic nitrogens is 1. The van der Waals surface area contributed by atoms with E-state index in [1.54, 1.807) is 6.20 Å². The Morgan fingerprint density at radius 2 is 2.31 bits per heavy atom. The van der Waals surface area contributed by atoms with Crippen LogP contribution in [0.5, 0.6) is 0 Å². The van der Waals surface area contributed by atoms with E-state index in [9.17, 15) is 9.18 Å². The molecule has 0 spiro atoms. The van der Waals surface area contributed by atoms with Crippen LogP contribution in [0.15, 0.2) is 29.8 Å². The number of nitrogens with zero attached hydrogens (tertiary/aromatic N) is 1. The third kappa shape index (κ3) is 2.33. The SMILES string of the molecule is CC(=O)c1ccc(F)cc1Cc1nccs1. The van der Waals surface area contributed by atoms with Crippen molar-refractivity contribution in [2.45, 2.75) is 13.3 Å². The molecular weight excluding hydrogens is 225 g/mol. The van der Waals surface area contributed by atoms with Crippen LogP contribution in [0.1, 0.15) is 27.9 Å². The van der Waals surface area contributed by atoms with Gasteiger partial charge in [0.1, 0.15) is 5.82 Å². The van der Waals surface area contributed by atoms with E-state index >= 15 is 0 Å². The highest BCUT2D eigenvalue weighted by atomic mass is 32.1. The van der Waals surface area contributed by atoms with Crippen LogP contribution >= 0.6 is 11.3 Å². The predicted octanol–water partition coefficient (Wildman–Crippen LogP) is 3.08. The summed E-state index contributed by atoms with van der Waals surface area (Å²) in [7, 11) is 0. The molecule has 1 heterocycles. The first kappa shape index (κ1) is 11.0. The summed E-state index contributed by atoms with van der Waals surface area (Å²) in [5, 5.41) is 2.75. The fourth-order valence-electron chi connectivity index (χ4n) is 1.56. The van der Waals surface area contributed by atoms with Gasteiger partial charge in [0.25, 0.3) is 0 Å². The van der Waals surface area contributed by atoms with E-state index in [1.807, 2.05) is 5.38 Å². The third-order valence-corrected chi connectivity index (χ3v) is 3.05. The third-order valence-electron chi connectivity index (χ3n) is 2.27. The molecule has 0 aliphatic rings. The second-order valence-corrected chi connectivity index (χ2v) is 4.44. The zero-order valence-electron chi connectivity index (χ0n) is 8.74. The molecule has 2 rings (SSSR count). The molecule has 1 aromatic carbocycles. The largest absolute Gasteiger partial charge is 0.295 e. The highest BCUT2D eigenvalue weighted by molar-refractivity contribution is 7.09. The van der Waals surface area contributed by atoms with Crippen molar-refractivity contribution in [1.29, 1.82) is 0 Å². The number of hydrogen-bond donors (Lipinski definition) is 0. The van der Waals surface area contributed by atoms with Gasteiger partial charge in [-0.1, -0.05) is 0 Å². The number of Topliss-reactive ketones (excluding diaryl/α,β-unsaturated/α-hetero) is 1. The molecule has 82 valence electrons. The average molecular weight is 235 g/mol. The number of rotatable bonds is 3. The number of thiazole rings is 1. The molecule has 0 radical (unpaired) electrons. The maximum Gasteiger partial charge on any atom is 0.160 e. The fraction of sp³-hybridized carbons (Fsp3) is 0.167. The van der Waals surface area contributed by atoms with Crippen LogP contribution in [0.4, 0.5) is 4.39 Å². The van der Waals surface area contributed by atoms with Gasteiger partial charge in [-0.15, -0.1) is 11.3 Å². The predicted molar refractivity (Wildman–Crippen MR) is 61.3 cm³/mol. The van der Waals surface area contributed by atoms with Gasteiger partial charge in [0.05, 0.1) is 5.01 Å². The summed E-state index contributed by atoms with van der Waals surface area (Å²) in [5.41, 5.74) is 1.26. The van der Waals surface area contributed by atoms with Crippen molar-refractivity contribution in [2.75, 3.05) is 0 Å². The molecule has 1 aromatic heterocycles. The Labute approximate surface area is 96.8 Å². The minimum atomic E-state index is -0.323. The smallest absolute Gasteiger partial charge is 0.160 e. The summed E-state index contributed by atoms with van der Waals surface area (Å²) in [4.78, 5) is 15.5. The van der Waals surface area contributed by atoms with Gasteiger partial charge in [-0.3, -0.25) is 4.79 Å². The van der Waals surface area contributed by atoms with Crippen molar-refractivity contribution in [3.05, 3.63) is 51.7 Å². The van der Waals surface area contributed by atoms with Crippen molar-refractivity contribution < 1.29 is 9.18 Å². The number of halogens is 1. The van der Waals surface area contributed by atoms with E-state index in [0.717, 1.165) is 5.01 Å². The van der Waals surface area contributed by atoms with E-state index in [0.29, 0.717) is 17.5 Å². The van der Waals surface area contributed by atoms with Gasteiger partial charge in [-0.2, -0.15) is 0 Å². The molecule has 16 heavy (non-hydrogen) atoms. The standard InChI is InChI=1S/C12H10FNOS/c1-8(15)11-3-2-10(13)6-9(11)7-12-14-4-5-16-12/h2-6H,7H2,1H3. The average Bonchev–Trinajstić information content (AvgIpc) is 2.70. The quantitative estimate of drug-likeness (QED) is 0.765. The molecule has 0 aliphatic heterocycles. The van der Waals surface area contributed by atoms with Gasteiger partial charge in [0.2, 0.25) is 0 Å². The first-order valence-corrected chi connectivity index (χ1v) is 5.72. The van der Waals surface area contributed by atoms with E-state index < -0.39 is 0 Å². The Balaban J connectivity index is 2.38. The van der Waals surface area contributed by atoms with Crippen molar-refractivity contribution in [2.24, 2.45) is 0 Å². The number of benzene rings is 1. The van der Waals surface area contributed by atoms with Crippen LogP contribution < -0.4 is 0 Å². The molecule has 0 fully saturated rings. The van der Waals surface area contributed by atoms with Crippen molar-refractivity contribution in [3.8, 4) is 0 Å². The minimum Gasteiger partial charge on any atom is -0.295 e. The lowest BCUT2D eigenvalue weighted by Gasteiger charge is -2.05. The Kier molecular flexibility index (Phi) is 3.10. The number of carbonyl (C=O) groups excluding carboxylic acids is 1. The lowest BCUT2D eigenvalue weighted by atomic mass is 10.0. The van der Waals surface area contributed by atoms with E-state index in [1.165, 1.54) is 36.5 Å². The second kappa shape index (κ2) is 4.53. The summed E-state index contributed by atoms with van der Waals surface area (Å²) < 4.78 is 13.1. The first-order valence-electron chi connectivity index (χ1n) is 4.84. The molecule has 0 N–H and O–H groups in total. The number of carbonyl (C=O) groups is 1. The van der Waals surface area contributed by atoms with Crippen LogP contribution in [0.2, 0.25) is 0 Å². The fourth-order valence-corrected chi connectivity index (χ4v) is 2.19. The van der Waals surface area contributed by atoms with Crippen LogP contribution in [0, 0.1) is 5.82 Å². The Hall–Kier alpha value is -1.55. The van der Waals surface area contributed by atoms with Gasteiger partial charge < -0.3 is 0 Å². The van der Waals surface area contributed by atoms with Gasteiger partial charge >= 0.3 is 0 Å². The normalized spacial score (nSPS) is 10.4. The van der Waals surface area contributed by atoms with Crippen LogP contribution in [0.3, 0.4) is 0 Å². The van der Waals surface area contributed by atoms with Crippen LogP contribution in [-0.2, 0) is 6.42 Å². The topological polar surface area (TPSA) is 30.0 Å². The van der Waals surface area contributed by atoms with Gasteiger partial charge in [0.15, 0.2) is 5.78 Å². The maximum atomic E-state index is 13.1. The summed E-state index contributed by atoms with van der Waals surface area (Å²) in [5.74, 6) is -0.372. The molecule has 4 heteroatoms. The highest BCUT2D eigenvalue weighted by Crippen LogP contribution is 2.17. The van der Waals surface area contributed by atoms with Gasteiger partial charge in [-0.05, 0) is 30.7 Å². The Bertz CT molecular complexity index is 508. The number of ketones is 1.